The molecule has 94 valence electrons. The van der Waals surface area contributed by atoms with Gasteiger partial charge in [0.05, 0.1) is 23.6 Å². The number of fused-ring (bicyclic) bond motifs is 1. The molecule has 0 amide bonds. The van der Waals surface area contributed by atoms with Crippen molar-refractivity contribution in [2.75, 3.05) is 12.3 Å². The van der Waals surface area contributed by atoms with Gasteiger partial charge in [-0.05, 0) is 25.0 Å². The lowest BCUT2D eigenvalue weighted by molar-refractivity contribution is 0.0966. The third-order valence-corrected chi connectivity index (χ3v) is 3.30. The van der Waals surface area contributed by atoms with Gasteiger partial charge in [-0.15, -0.1) is 0 Å². The number of nitrogens with two attached hydrogens (primary N) is 1. The van der Waals surface area contributed by atoms with Crippen LogP contribution in [0.2, 0.25) is 0 Å². The Hall–Kier alpha value is -1.88. The molecule has 0 aliphatic carbocycles. The minimum atomic E-state index is -0.0893. The number of hydrogen-bond acceptors (Lipinski definition) is 4. The first-order valence-electron chi connectivity index (χ1n) is 6.12. The first-order valence-corrected chi connectivity index (χ1v) is 6.12. The average Bonchev–Trinajstić information content (AvgIpc) is 2.87. The summed E-state index contributed by atoms with van der Waals surface area (Å²) >= 11 is 0. The molecule has 2 N–H and O–H groups in total. The summed E-state index contributed by atoms with van der Waals surface area (Å²) in [5, 5.41) is 0.602. The van der Waals surface area contributed by atoms with Crippen molar-refractivity contribution in [2.45, 2.75) is 25.5 Å². The molecule has 1 saturated heterocycles. The zero-order valence-electron chi connectivity index (χ0n) is 10.0. The maximum absolute atomic E-state index is 12.3. The number of nitrogen functional groups attached to an aromatic ring is 1. The van der Waals surface area contributed by atoms with E-state index >= 15 is 0 Å². The van der Waals surface area contributed by atoms with E-state index in [1.54, 1.807) is 12.1 Å². The molecule has 1 aromatic heterocycles. The second kappa shape index (κ2) is 4.42. The molecule has 2 aromatic rings. The molecule has 0 unspecified atom stereocenters. The molecule has 0 saturated carbocycles. The van der Waals surface area contributed by atoms with Gasteiger partial charge in [-0.3, -0.25) is 9.36 Å². The van der Waals surface area contributed by atoms with Crippen LogP contribution in [0.5, 0.6) is 0 Å². The number of rotatable bonds is 2. The first-order chi connectivity index (χ1) is 8.75. The highest BCUT2D eigenvalue weighted by Crippen LogP contribution is 2.15. The maximum Gasteiger partial charge on any atom is 0.262 e. The minimum absolute atomic E-state index is 0.0768. The molecule has 1 aromatic carbocycles. The van der Waals surface area contributed by atoms with Gasteiger partial charge in [0.2, 0.25) is 5.95 Å². The van der Waals surface area contributed by atoms with Crippen molar-refractivity contribution in [3.8, 4) is 0 Å². The average molecular weight is 245 g/mol. The summed E-state index contributed by atoms with van der Waals surface area (Å²) in [5.41, 5.74) is 6.41. The van der Waals surface area contributed by atoms with E-state index in [-0.39, 0.29) is 17.6 Å². The molecule has 0 radical (unpaired) electrons. The van der Waals surface area contributed by atoms with Crippen LogP contribution in [0.3, 0.4) is 0 Å². The van der Waals surface area contributed by atoms with Crippen molar-refractivity contribution < 1.29 is 4.74 Å². The lowest BCUT2D eigenvalue weighted by Gasteiger charge is -2.14. The van der Waals surface area contributed by atoms with E-state index < -0.39 is 0 Å². The fraction of sp³-hybridized carbons (Fsp3) is 0.385. The van der Waals surface area contributed by atoms with Gasteiger partial charge >= 0.3 is 0 Å². The lowest BCUT2D eigenvalue weighted by Crippen LogP contribution is -2.29. The van der Waals surface area contributed by atoms with E-state index in [1.807, 2.05) is 12.1 Å². The largest absolute Gasteiger partial charge is 0.376 e. The summed E-state index contributed by atoms with van der Waals surface area (Å²) in [6.07, 6.45) is 2.09. The molecule has 18 heavy (non-hydrogen) atoms. The highest BCUT2D eigenvalue weighted by atomic mass is 16.5. The van der Waals surface area contributed by atoms with Crippen molar-refractivity contribution in [3.05, 3.63) is 34.6 Å². The number of nitrogens with zero attached hydrogens (tertiary/aromatic N) is 2. The van der Waals surface area contributed by atoms with Crippen molar-refractivity contribution >= 4 is 16.9 Å². The van der Waals surface area contributed by atoms with Gasteiger partial charge in [-0.2, -0.15) is 0 Å². The Kier molecular flexibility index (Phi) is 2.76. The molecular formula is C13H15N3O2. The number of benzene rings is 1. The molecular weight excluding hydrogens is 230 g/mol. The Labute approximate surface area is 104 Å². The van der Waals surface area contributed by atoms with Crippen LogP contribution in [0, 0.1) is 0 Å². The van der Waals surface area contributed by atoms with Crippen LogP contribution in [-0.4, -0.2) is 22.3 Å². The highest BCUT2D eigenvalue weighted by Gasteiger charge is 2.18. The van der Waals surface area contributed by atoms with Crippen molar-refractivity contribution in [3.63, 3.8) is 0 Å². The standard InChI is InChI=1S/C13H15N3O2/c14-13-15-11-6-2-1-5-10(11)12(17)16(13)8-9-4-3-7-18-9/h1-2,5-6,9H,3-4,7-8H2,(H2,14,15)/t9-/m1/s1. The summed E-state index contributed by atoms with van der Waals surface area (Å²) in [5.74, 6) is 0.259. The fourth-order valence-electron chi connectivity index (χ4n) is 2.35. The lowest BCUT2D eigenvalue weighted by atomic mass is 10.2. The highest BCUT2D eigenvalue weighted by molar-refractivity contribution is 5.78. The molecule has 5 nitrogen and oxygen atoms in total. The quantitative estimate of drug-likeness (QED) is 0.861. The number of ether oxygens (including phenoxy) is 1. The topological polar surface area (TPSA) is 70.1 Å². The second-order valence-corrected chi connectivity index (χ2v) is 4.54. The van der Waals surface area contributed by atoms with Gasteiger partial charge < -0.3 is 10.5 Å². The SMILES string of the molecule is Nc1nc2ccccc2c(=O)n1C[C@H]1CCCO1. The Bertz CT molecular complexity index is 630. The molecule has 0 spiro atoms. The van der Waals surface area contributed by atoms with Crippen LogP contribution in [0.25, 0.3) is 10.9 Å². The zero-order valence-corrected chi connectivity index (χ0v) is 10.0. The molecule has 1 atom stereocenters. The third kappa shape index (κ3) is 1.86. The van der Waals surface area contributed by atoms with Crippen molar-refractivity contribution in [1.82, 2.24) is 9.55 Å². The van der Waals surface area contributed by atoms with Gasteiger partial charge in [-0.25, -0.2) is 4.98 Å². The Balaban J connectivity index is 2.07. The van der Waals surface area contributed by atoms with Crippen LogP contribution in [-0.2, 0) is 11.3 Å². The number of hydrogen-bond donors (Lipinski definition) is 1. The van der Waals surface area contributed by atoms with Crippen LogP contribution < -0.4 is 11.3 Å². The van der Waals surface area contributed by atoms with E-state index in [9.17, 15) is 4.79 Å². The van der Waals surface area contributed by atoms with Crippen LogP contribution in [0.4, 0.5) is 5.95 Å². The van der Waals surface area contributed by atoms with Gasteiger partial charge in [0.25, 0.3) is 5.56 Å². The predicted octanol–water partition coefficient (Wildman–Crippen LogP) is 1.16. The first kappa shape index (κ1) is 11.2. The Morgan fingerprint density at radius 1 is 1.44 bits per heavy atom. The number of anilines is 1. The van der Waals surface area contributed by atoms with Gasteiger partial charge in [-0.1, -0.05) is 12.1 Å². The Morgan fingerprint density at radius 2 is 2.28 bits per heavy atom. The number of para-hydroxylation sites is 1. The monoisotopic (exact) mass is 245 g/mol. The van der Waals surface area contributed by atoms with Crippen LogP contribution in [0.1, 0.15) is 12.8 Å². The van der Waals surface area contributed by atoms with E-state index in [1.165, 1.54) is 4.57 Å². The van der Waals surface area contributed by atoms with E-state index in [0.29, 0.717) is 17.4 Å². The number of aromatic nitrogens is 2. The molecule has 3 rings (SSSR count). The summed E-state index contributed by atoms with van der Waals surface area (Å²) in [6.45, 7) is 1.25. The summed E-state index contributed by atoms with van der Waals surface area (Å²) in [4.78, 5) is 16.6. The molecule has 1 aliphatic rings. The second-order valence-electron chi connectivity index (χ2n) is 4.54. The molecule has 5 heteroatoms. The predicted molar refractivity (Wildman–Crippen MR) is 69.4 cm³/mol. The summed E-state index contributed by atoms with van der Waals surface area (Å²) < 4.78 is 7.05. The molecule has 1 fully saturated rings. The summed E-state index contributed by atoms with van der Waals surface area (Å²) in [7, 11) is 0. The zero-order chi connectivity index (χ0) is 12.5. The van der Waals surface area contributed by atoms with E-state index in [2.05, 4.69) is 4.98 Å². The fourth-order valence-corrected chi connectivity index (χ4v) is 2.35. The van der Waals surface area contributed by atoms with Gasteiger partial charge in [0, 0.05) is 6.61 Å². The van der Waals surface area contributed by atoms with E-state index in [0.717, 1.165) is 19.4 Å². The normalized spacial score (nSPS) is 19.4. The molecule has 1 aliphatic heterocycles. The smallest absolute Gasteiger partial charge is 0.262 e. The van der Waals surface area contributed by atoms with E-state index in [4.69, 9.17) is 10.5 Å². The minimum Gasteiger partial charge on any atom is -0.376 e. The van der Waals surface area contributed by atoms with Crippen LogP contribution >= 0.6 is 0 Å². The van der Waals surface area contributed by atoms with Gasteiger partial charge in [0.1, 0.15) is 0 Å². The summed E-state index contributed by atoms with van der Waals surface area (Å²) in [6, 6.07) is 7.25. The van der Waals surface area contributed by atoms with Crippen molar-refractivity contribution in [1.29, 1.82) is 0 Å². The third-order valence-electron chi connectivity index (χ3n) is 3.30. The molecule has 0 bridgehead atoms. The maximum atomic E-state index is 12.3. The Morgan fingerprint density at radius 3 is 3.06 bits per heavy atom. The van der Waals surface area contributed by atoms with Crippen LogP contribution in [0.15, 0.2) is 29.1 Å². The molecule has 2 heterocycles. The van der Waals surface area contributed by atoms with Gasteiger partial charge in [0.15, 0.2) is 0 Å². The van der Waals surface area contributed by atoms with Crippen molar-refractivity contribution in [2.24, 2.45) is 0 Å².